The Morgan fingerprint density at radius 1 is 1.02 bits per heavy atom. The Morgan fingerprint density at radius 3 is 2.40 bits per heavy atom. The first-order valence-electron chi connectivity index (χ1n) is 12.6. The van der Waals surface area contributed by atoms with Gasteiger partial charge in [0.1, 0.15) is 17.8 Å². The van der Waals surface area contributed by atoms with Crippen LogP contribution in [0.25, 0.3) is 11.3 Å². The molecule has 3 N–H and O–H groups in total. The lowest BCUT2D eigenvalue weighted by atomic mass is 10.1. The van der Waals surface area contributed by atoms with Gasteiger partial charge in [-0.2, -0.15) is 9.78 Å². The van der Waals surface area contributed by atoms with Gasteiger partial charge in [0.15, 0.2) is 5.78 Å². The lowest BCUT2D eigenvalue weighted by molar-refractivity contribution is 0.0598. The molecule has 5 rings (SSSR count). The van der Waals surface area contributed by atoms with E-state index in [-0.39, 0.29) is 45.9 Å². The Bertz CT molecular complexity index is 1910. The molecule has 0 radical (unpaired) electrons. The molecule has 0 saturated heterocycles. The number of aromatic nitrogens is 3. The maximum absolute atomic E-state index is 13.6. The minimum atomic E-state index is -0.747. The zero-order chi connectivity index (χ0) is 30.7. The number of hydrogen-bond donors (Lipinski definition) is 2. The molecule has 0 unspecified atom stereocenters. The quantitative estimate of drug-likeness (QED) is 0.173. The summed E-state index contributed by atoms with van der Waals surface area (Å²) in [5.41, 5.74) is 5.32. The molecule has 0 aliphatic carbocycles. The van der Waals surface area contributed by atoms with E-state index in [2.05, 4.69) is 10.4 Å². The van der Waals surface area contributed by atoms with E-state index < -0.39 is 35.7 Å². The monoisotopic (exact) mass is 619 g/mol. The fraction of sp³-hybridized carbons (Fsp3) is 0.103. The number of nitrogens with zero attached hydrogens (tertiary/aromatic N) is 3. The van der Waals surface area contributed by atoms with E-state index in [4.69, 9.17) is 26.5 Å². The van der Waals surface area contributed by atoms with Crippen LogP contribution in [0.3, 0.4) is 0 Å². The third-order valence-corrected chi connectivity index (χ3v) is 7.56. The molecule has 5 aromatic rings. The first-order valence-corrected chi connectivity index (χ1v) is 13.8. The lowest BCUT2D eigenvalue weighted by Gasteiger charge is -2.09. The number of carbonyl (C=O) groups excluding carboxylic acids is 4. The number of furan rings is 1. The summed E-state index contributed by atoms with van der Waals surface area (Å²) in [6, 6.07) is 13.5. The number of methoxy groups -OCH3 is 1. The highest BCUT2D eigenvalue weighted by atomic mass is 35.5. The third-order valence-electron chi connectivity index (χ3n) is 6.33. The zero-order valence-electron chi connectivity index (χ0n) is 22.4. The van der Waals surface area contributed by atoms with Crippen molar-refractivity contribution in [2.24, 2.45) is 5.73 Å². The molecule has 4 aromatic heterocycles. The highest BCUT2D eigenvalue weighted by Gasteiger charge is 2.22. The van der Waals surface area contributed by atoms with Crippen LogP contribution in [-0.2, 0) is 17.8 Å². The Labute approximate surface area is 252 Å². The summed E-state index contributed by atoms with van der Waals surface area (Å²) in [7, 11) is 1.18. The maximum atomic E-state index is 13.6. The number of hydrogen-bond acceptors (Lipinski definition) is 10. The van der Waals surface area contributed by atoms with Gasteiger partial charge in [-0.3, -0.25) is 19.2 Å². The molecular weight excluding hydrogens is 598 g/mol. The molecule has 43 heavy (non-hydrogen) atoms. The maximum Gasteiger partial charge on any atom is 0.339 e. The predicted octanol–water partition coefficient (Wildman–Crippen LogP) is 4.09. The van der Waals surface area contributed by atoms with E-state index in [0.717, 1.165) is 14.1 Å². The van der Waals surface area contributed by atoms with Gasteiger partial charge < -0.3 is 24.8 Å². The largest absolute Gasteiger partial charge is 0.472 e. The second-order valence-corrected chi connectivity index (χ2v) is 10.9. The summed E-state index contributed by atoms with van der Waals surface area (Å²) < 4.78 is 12.5. The first kappa shape index (κ1) is 29.2. The average Bonchev–Trinajstić information content (AvgIpc) is 3.78. The van der Waals surface area contributed by atoms with Gasteiger partial charge in [0.05, 0.1) is 47.5 Å². The number of rotatable bonds is 10. The summed E-state index contributed by atoms with van der Waals surface area (Å²) in [6.45, 7) is -0.117. The van der Waals surface area contributed by atoms with E-state index in [0.29, 0.717) is 4.34 Å². The highest BCUT2D eigenvalue weighted by molar-refractivity contribution is 7.16. The van der Waals surface area contributed by atoms with E-state index in [1.807, 2.05) is 6.07 Å². The molecule has 4 heterocycles. The van der Waals surface area contributed by atoms with Crippen LogP contribution in [0.4, 0.5) is 5.82 Å². The number of primary amides is 1. The van der Waals surface area contributed by atoms with E-state index in [1.165, 1.54) is 79.6 Å². The molecule has 14 heteroatoms. The Hall–Kier alpha value is -5.27. The number of pyridine rings is 1. The average molecular weight is 620 g/mol. The number of esters is 1. The third kappa shape index (κ3) is 6.32. The van der Waals surface area contributed by atoms with Crippen molar-refractivity contribution in [1.82, 2.24) is 14.3 Å². The number of nitrogens with two attached hydrogens (primary N) is 1. The molecule has 0 spiro atoms. The van der Waals surface area contributed by atoms with Gasteiger partial charge in [-0.1, -0.05) is 11.6 Å². The molecular formula is C29H22ClN5O7S. The van der Waals surface area contributed by atoms with Crippen molar-refractivity contribution in [3.05, 3.63) is 115 Å². The number of amides is 1. The van der Waals surface area contributed by atoms with Crippen molar-refractivity contribution < 1.29 is 28.3 Å². The SMILES string of the molecule is COC(=O)c1cc(-c2cc(NCc3ccc(Cl)s3)n(C(=O)c3ccc(C(N)=O)cc3)n2)c(=O)n(CC(=O)c2ccoc2)c1. The standard InChI is InChI=1S/C29H22ClN5O7S/c1-41-29(40)19-10-21(28(39)34(13-19)14-23(36)18-8-9-42-15-18)22-11-25(32-12-20-6-7-24(30)43-20)35(33-22)27(38)17-4-2-16(3-5-17)26(31)37/h2-11,13,15,32H,12,14H2,1H3,(H2,31,37). The number of halogens is 1. The number of benzene rings is 1. The Balaban J connectivity index is 1.59. The molecule has 1 amide bonds. The number of ketones is 1. The fourth-order valence-electron chi connectivity index (χ4n) is 4.15. The lowest BCUT2D eigenvalue weighted by Crippen LogP contribution is -2.27. The van der Waals surface area contributed by atoms with Gasteiger partial charge in [-0.25, -0.2) is 4.79 Å². The molecule has 218 valence electrons. The van der Waals surface area contributed by atoms with Crippen LogP contribution in [-0.4, -0.2) is 45.0 Å². The molecule has 0 atom stereocenters. The minimum absolute atomic E-state index is 0.0113. The molecule has 0 aliphatic rings. The van der Waals surface area contributed by atoms with Crippen LogP contribution in [0, 0.1) is 0 Å². The topological polar surface area (TPSA) is 169 Å². The number of Topliss-reactive ketones (excluding diaryl/α,β-unsaturated/α-hetero) is 1. The van der Waals surface area contributed by atoms with Crippen LogP contribution >= 0.6 is 22.9 Å². The van der Waals surface area contributed by atoms with Crippen molar-refractivity contribution in [3.63, 3.8) is 0 Å². The van der Waals surface area contributed by atoms with Crippen molar-refractivity contribution in [1.29, 1.82) is 0 Å². The molecule has 0 bridgehead atoms. The number of nitrogens with one attached hydrogen (secondary N) is 1. The predicted molar refractivity (Wildman–Crippen MR) is 158 cm³/mol. The molecule has 0 fully saturated rings. The van der Waals surface area contributed by atoms with Crippen molar-refractivity contribution >= 4 is 52.3 Å². The Morgan fingerprint density at radius 2 is 1.77 bits per heavy atom. The van der Waals surface area contributed by atoms with Gasteiger partial charge in [0.25, 0.3) is 11.5 Å². The summed E-state index contributed by atoms with van der Waals surface area (Å²) in [5, 5.41) is 7.55. The zero-order valence-corrected chi connectivity index (χ0v) is 24.0. The van der Waals surface area contributed by atoms with Crippen molar-refractivity contribution in [2.75, 3.05) is 12.4 Å². The molecule has 0 saturated carbocycles. The van der Waals surface area contributed by atoms with Gasteiger partial charge >= 0.3 is 5.97 Å². The smallest absolute Gasteiger partial charge is 0.339 e. The summed E-state index contributed by atoms with van der Waals surface area (Å²) in [4.78, 5) is 64.8. The van der Waals surface area contributed by atoms with Crippen LogP contribution in [0.5, 0.6) is 0 Å². The summed E-state index contributed by atoms with van der Waals surface area (Å²) in [5.74, 6) is -2.17. The second kappa shape index (κ2) is 12.3. The van der Waals surface area contributed by atoms with Crippen LogP contribution in [0.1, 0.15) is 46.3 Å². The van der Waals surface area contributed by atoms with Gasteiger partial charge in [-0.15, -0.1) is 11.3 Å². The molecule has 0 aliphatic heterocycles. The minimum Gasteiger partial charge on any atom is -0.472 e. The number of thiophene rings is 1. The normalized spacial score (nSPS) is 10.8. The van der Waals surface area contributed by atoms with Crippen LogP contribution in [0.2, 0.25) is 4.34 Å². The number of ether oxygens (including phenoxy) is 1. The fourth-order valence-corrected chi connectivity index (χ4v) is 5.18. The van der Waals surface area contributed by atoms with E-state index in [9.17, 15) is 24.0 Å². The summed E-state index contributed by atoms with van der Waals surface area (Å²) >= 11 is 7.40. The molecule has 12 nitrogen and oxygen atoms in total. The van der Waals surface area contributed by atoms with Crippen molar-refractivity contribution in [2.45, 2.75) is 13.1 Å². The van der Waals surface area contributed by atoms with E-state index >= 15 is 0 Å². The first-order chi connectivity index (χ1) is 20.6. The van der Waals surface area contributed by atoms with Gasteiger partial charge in [0.2, 0.25) is 5.91 Å². The van der Waals surface area contributed by atoms with Crippen LogP contribution < -0.4 is 16.6 Å². The number of carbonyl (C=O) groups is 4. The van der Waals surface area contributed by atoms with Gasteiger partial charge in [-0.05, 0) is 48.5 Å². The van der Waals surface area contributed by atoms with E-state index in [1.54, 1.807) is 6.07 Å². The second-order valence-electron chi connectivity index (χ2n) is 9.14. The highest BCUT2D eigenvalue weighted by Crippen LogP contribution is 2.25. The Kier molecular flexibility index (Phi) is 8.36. The molecule has 1 aromatic carbocycles. The van der Waals surface area contributed by atoms with Gasteiger partial charge in [0, 0.05) is 28.3 Å². The summed E-state index contributed by atoms with van der Waals surface area (Å²) in [6.07, 6.45) is 3.80. The van der Waals surface area contributed by atoms with Crippen molar-refractivity contribution in [3.8, 4) is 11.3 Å². The van der Waals surface area contributed by atoms with Crippen LogP contribution in [0.15, 0.2) is 82.5 Å². The number of anilines is 1.